The van der Waals surface area contributed by atoms with Gasteiger partial charge in [-0.15, -0.1) is 0 Å². The molecule has 31 heavy (non-hydrogen) atoms. The SMILES string of the molecule is CCOC(=O)c1ccc(N2C(=O)c3n[nH]c(C)c3[C@H]2c2ccc(OC)c(OC)c2)cc1. The van der Waals surface area contributed by atoms with Gasteiger partial charge in [0.15, 0.2) is 17.2 Å². The van der Waals surface area contributed by atoms with Crippen LogP contribution in [0.3, 0.4) is 0 Å². The molecule has 4 rings (SSSR count). The molecule has 0 radical (unpaired) electrons. The van der Waals surface area contributed by atoms with Crippen LogP contribution in [0, 0.1) is 6.92 Å². The van der Waals surface area contributed by atoms with Gasteiger partial charge in [0.25, 0.3) is 5.91 Å². The van der Waals surface area contributed by atoms with Crippen molar-refractivity contribution in [1.29, 1.82) is 0 Å². The van der Waals surface area contributed by atoms with Crippen molar-refractivity contribution < 1.29 is 23.8 Å². The molecule has 1 atom stereocenters. The number of hydrogen-bond donors (Lipinski definition) is 1. The second-order valence-corrected chi connectivity index (χ2v) is 7.07. The number of aromatic amines is 1. The number of carbonyl (C=O) groups is 2. The fourth-order valence-corrected chi connectivity index (χ4v) is 3.87. The number of ether oxygens (including phenoxy) is 3. The van der Waals surface area contributed by atoms with Gasteiger partial charge in [0.1, 0.15) is 0 Å². The molecule has 8 nitrogen and oxygen atoms in total. The molecule has 0 fully saturated rings. The minimum absolute atomic E-state index is 0.219. The number of anilines is 1. The summed E-state index contributed by atoms with van der Waals surface area (Å²) < 4.78 is 15.9. The molecule has 160 valence electrons. The van der Waals surface area contributed by atoms with Gasteiger partial charge < -0.3 is 14.2 Å². The number of hydrogen-bond acceptors (Lipinski definition) is 6. The van der Waals surface area contributed by atoms with Gasteiger partial charge in [0.2, 0.25) is 0 Å². The maximum Gasteiger partial charge on any atom is 0.338 e. The second kappa shape index (κ2) is 8.14. The molecular weight excluding hydrogens is 398 g/mol. The van der Waals surface area contributed by atoms with Gasteiger partial charge in [-0.25, -0.2) is 4.79 Å². The predicted molar refractivity (Wildman–Crippen MR) is 114 cm³/mol. The number of H-pyrrole nitrogens is 1. The Morgan fingerprint density at radius 2 is 1.81 bits per heavy atom. The van der Waals surface area contributed by atoms with Crippen molar-refractivity contribution in [2.75, 3.05) is 25.7 Å². The van der Waals surface area contributed by atoms with Crippen LogP contribution in [0.5, 0.6) is 11.5 Å². The zero-order valence-corrected chi connectivity index (χ0v) is 17.8. The number of amides is 1. The minimum Gasteiger partial charge on any atom is -0.493 e. The number of rotatable bonds is 6. The summed E-state index contributed by atoms with van der Waals surface area (Å²) >= 11 is 0. The number of aromatic nitrogens is 2. The van der Waals surface area contributed by atoms with Crippen molar-refractivity contribution in [1.82, 2.24) is 10.2 Å². The van der Waals surface area contributed by atoms with Crippen LogP contribution in [0.4, 0.5) is 5.69 Å². The van der Waals surface area contributed by atoms with E-state index < -0.39 is 12.0 Å². The highest BCUT2D eigenvalue weighted by Gasteiger charge is 2.42. The Hall–Kier alpha value is -3.81. The molecule has 0 aliphatic carbocycles. The zero-order chi connectivity index (χ0) is 22.1. The Morgan fingerprint density at radius 1 is 1.10 bits per heavy atom. The lowest BCUT2D eigenvalue weighted by Crippen LogP contribution is -2.29. The summed E-state index contributed by atoms with van der Waals surface area (Å²) in [6, 6.07) is 12.0. The summed E-state index contributed by atoms with van der Waals surface area (Å²) in [6.07, 6.45) is 0. The van der Waals surface area contributed by atoms with Gasteiger partial charge in [0, 0.05) is 16.9 Å². The number of fused-ring (bicyclic) bond motifs is 1. The van der Waals surface area contributed by atoms with E-state index in [1.165, 1.54) is 0 Å². The quantitative estimate of drug-likeness (QED) is 0.611. The maximum atomic E-state index is 13.3. The summed E-state index contributed by atoms with van der Waals surface area (Å²) in [4.78, 5) is 27.0. The Bertz CT molecular complexity index is 1140. The number of esters is 1. The van der Waals surface area contributed by atoms with E-state index in [4.69, 9.17) is 14.2 Å². The molecule has 0 bridgehead atoms. The summed E-state index contributed by atoms with van der Waals surface area (Å²) in [7, 11) is 3.15. The molecule has 0 unspecified atom stereocenters. The van der Waals surface area contributed by atoms with Crippen LogP contribution in [-0.4, -0.2) is 42.9 Å². The van der Waals surface area contributed by atoms with Crippen LogP contribution in [0.1, 0.15) is 50.6 Å². The molecule has 2 aromatic carbocycles. The number of benzene rings is 2. The molecule has 2 heterocycles. The summed E-state index contributed by atoms with van der Waals surface area (Å²) in [5.74, 6) is 0.551. The van der Waals surface area contributed by atoms with E-state index in [1.54, 1.807) is 50.3 Å². The second-order valence-electron chi connectivity index (χ2n) is 7.07. The largest absolute Gasteiger partial charge is 0.493 e. The lowest BCUT2D eigenvalue weighted by atomic mass is 9.98. The molecule has 1 N–H and O–H groups in total. The zero-order valence-electron chi connectivity index (χ0n) is 17.8. The molecule has 1 aliphatic heterocycles. The Morgan fingerprint density at radius 3 is 2.45 bits per heavy atom. The summed E-state index contributed by atoms with van der Waals surface area (Å²) in [5, 5.41) is 7.14. The van der Waals surface area contributed by atoms with E-state index in [9.17, 15) is 9.59 Å². The van der Waals surface area contributed by atoms with Crippen LogP contribution in [0.2, 0.25) is 0 Å². The smallest absolute Gasteiger partial charge is 0.338 e. The monoisotopic (exact) mass is 421 g/mol. The highest BCUT2D eigenvalue weighted by molar-refractivity contribution is 6.10. The summed E-state index contributed by atoms with van der Waals surface area (Å²) in [6.45, 7) is 3.94. The fraction of sp³-hybridized carbons (Fsp3) is 0.261. The molecule has 0 spiro atoms. The molecule has 3 aromatic rings. The number of nitrogens with one attached hydrogen (secondary N) is 1. The van der Waals surface area contributed by atoms with Crippen molar-refractivity contribution in [3.05, 3.63) is 70.5 Å². The van der Waals surface area contributed by atoms with Gasteiger partial charge in [-0.05, 0) is 55.8 Å². The van der Waals surface area contributed by atoms with Crippen LogP contribution < -0.4 is 14.4 Å². The van der Waals surface area contributed by atoms with Crippen LogP contribution >= 0.6 is 0 Å². The van der Waals surface area contributed by atoms with Crippen LogP contribution in [0.15, 0.2) is 42.5 Å². The Kier molecular flexibility index (Phi) is 5.37. The Labute approximate surface area is 179 Å². The van der Waals surface area contributed by atoms with Crippen molar-refractivity contribution in [3.8, 4) is 11.5 Å². The topological polar surface area (TPSA) is 93.8 Å². The number of carbonyl (C=O) groups excluding carboxylic acids is 2. The van der Waals surface area contributed by atoms with Crippen molar-refractivity contribution >= 4 is 17.6 Å². The van der Waals surface area contributed by atoms with Gasteiger partial charge in [-0.1, -0.05) is 6.07 Å². The number of aryl methyl sites for hydroxylation is 1. The fourth-order valence-electron chi connectivity index (χ4n) is 3.87. The van der Waals surface area contributed by atoms with E-state index in [0.717, 1.165) is 16.8 Å². The average molecular weight is 421 g/mol. The minimum atomic E-state index is -0.408. The third kappa shape index (κ3) is 3.39. The number of methoxy groups -OCH3 is 2. The highest BCUT2D eigenvalue weighted by atomic mass is 16.5. The molecule has 8 heteroatoms. The normalized spacial score (nSPS) is 15.0. The molecule has 1 aliphatic rings. The van der Waals surface area contributed by atoms with E-state index in [2.05, 4.69) is 10.2 Å². The van der Waals surface area contributed by atoms with Crippen molar-refractivity contribution in [2.24, 2.45) is 0 Å². The van der Waals surface area contributed by atoms with Gasteiger partial charge >= 0.3 is 5.97 Å². The standard InChI is InChI=1S/C23H23N3O5/c1-5-31-23(28)14-6-9-16(10-7-14)26-21(19-13(2)24-25-20(19)22(26)27)15-8-11-17(29-3)18(12-15)30-4/h6-12,21H,5H2,1-4H3,(H,24,25)/t21-/m1/s1. The third-order valence-corrected chi connectivity index (χ3v) is 5.33. The molecule has 1 aromatic heterocycles. The first kappa shape index (κ1) is 20.5. The van der Waals surface area contributed by atoms with Crippen molar-refractivity contribution in [2.45, 2.75) is 19.9 Å². The molecule has 0 saturated carbocycles. The van der Waals surface area contributed by atoms with E-state index >= 15 is 0 Å². The third-order valence-electron chi connectivity index (χ3n) is 5.33. The lowest BCUT2D eigenvalue weighted by Gasteiger charge is -2.27. The maximum absolute atomic E-state index is 13.3. The van der Waals surface area contributed by atoms with E-state index in [0.29, 0.717) is 35.1 Å². The van der Waals surface area contributed by atoms with E-state index in [-0.39, 0.29) is 5.91 Å². The van der Waals surface area contributed by atoms with Gasteiger partial charge in [0.05, 0.1) is 32.4 Å². The molecular formula is C23H23N3O5. The average Bonchev–Trinajstić information content (AvgIpc) is 3.31. The first-order valence-electron chi connectivity index (χ1n) is 9.87. The van der Waals surface area contributed by atoms with E-state index in [1.807, 2.05) is 25.1 Å². The van der Waals surface area contributed by atoms with Crippen LogP contribution in [-0.2, 0) is 4.74 Å². The first-order chi connectivity index (χ1) is 15.0. The first-order valence-corrected chi connectivity index (χ1v) is 9.87. The van der Waals surface area contributed by atoms with Crippen LogP contribution in [0.25, 0.3) is 0 Å². The predicted octanol–water partition coefficient (Wildman–Crippen LogP) is 3.66. The lowest BCUT2D eigenvalue weighted by molar-refractivity contribution is 0.0526. The highest BCUT2D eigenvalue weighted by Crippen LogP contribution is 2.44. The van der Waals surface area contributed by atoms with Gasteiger partial charge in [-0.2, -0.15) is 5.10 Å². The Balaban J connectivity index is 1.80. The van der Waals surface area contributed by atoms with Gasteiger partial charge in [-0.3, -0.25) is 14.8 Å². The molecule has 1 amide bonds. The van der Waals surface area contributed by atoms with Crippen molar-refractivity contribution in [3.63, 3.8) is 0 Å². The number of nitrogens with zero attached hydrogens (tertiary/aromatic N) is 2. The summed E-state index contributed by atoms with van der Waals surface area (Å²) in [5.41, 5.74) is 3.93. The molecule has 0 saturated heterocycles.